The van der Waals surface area contributed by atoms with Crippen LogP contribution < -0.4 is 5.32 Å². The number of rotatable bonds is 5. The molecule has 0 amide bonds. The minimum atomic E-state index is -0.198. The summed E-state index contributed by atoms with van der Waals surface area (Å²) in [6.45, 7) is 8.26. The van der Waals surface area contributed by atoms with E-state index in [-0.39, 0.29) is 11.5 Å². The number of likely N-dealkylation sites (tertiary alicyclic amines) is 1. The van der Waals surface area contributed by atoms with Gasteiger partial charge in [-0.25, -0.2) is 0 Å². The van der Waals surface area contributed by atoms with Crippen molar-refractivity contribution in [2.24, 2.45) is 11.3 Å². The Hall–Kier alpha value is -0.940. The third kappa shape index (κ3) is 3.37. The molecule has 2 saturated heterocycles. The van der Waals surface area contributed by atoms with Gasteiger partial charge in [0.05, 0.1) is 12.2 Å². The van der Waals surface area contributed by atoms with Crippen molar-refractivity contribution in [3.63, 3.8) is 0 Å². The molecule has 4 heteroatoms. The van der Waals surface area contributed by atoms with Crippen molar-refractivity contribution in [1.29, 1.82) is 0 Å². The van der Waals surface area contributed by atoms with Gasteiger partial charge in [-0.2, -0.15) is 0 Å². The zero-order valence-corrected chi connectivity index (χ0v) is 15.5. The van der Waals surface area contributed by atoms with Gasteiger partial charge in [0.25, 0.3) is 0 Å². The van der Waals surface area contributed by atoms with Gasteiger partial charge in [0.1, 0.15) is 0 Å². The highest BCUT2D eigenvalue weighted by Crippen LogP contribution is 2.51. The first-order valence-corrected chi connectivity index (χ1v) is 9.86. The largest absolute Gasteiger partial charge is 0.392 e. The van der Waals surface area contributed by atoms with Crippen molar-refractivity contribution in [2.75, 3.05) is 19.7 Å². The Balaban J connectivity index is 1.36. The zero-order chi connectivity index (χ0) is 17.4. The highest BCUT2D eigenvalue weighted by atomic mass is 16.5. The maximum absolute atomic E-state index is 10.2. The van der Waals surface area contributed by atoms with Gasteiger partial charge in [0, 0.05) is 49.7 Å². The molecule has 0 bridgehead atoms. The fourth-order valence-corrected chi connectivity index (χ4v) is 5.38. The lowest BCUT2D eigenvalue weighted by Gasteiger charge is -2.60. The molecular weight excluding hydrogens is 312 g/mol. The summed E-state index contributed by atoms with van der Waals surface area (Å²) < 4.78 is 6.02. The average Bonchev–Trinajstić information content (AvgIpc) is 2.95. The number of aliphatic hydroxyl groups excluding tert-OH is 1. The van der Waals surface area contributed by atoms with Crippen LogP contribution in [0.3, 0.4) is 0 Å². The molecule has 0 unspecified atom stereocenters. The fourth-order valence-electron chi connectivity index (χ4n) is 5.38. The van der Waals surface area contributed by atoms with Gasteiger partial charge in [-0.3, -0.25) is 4.90 Å². The Morgan fingerprint density at radius 1 is 1.28 bits per heavy atom. The fraction of sp³-hybridized carbons (Fsp3) is 0.714. The monoisotopic (exact) mass is 344 g/mol. The predicted molar refractivity (Wildman–Crippen MR) is 99.3 cm³/mol. The van der Waals surface area contributed by atoms with Crippen LogP contribution >= 0.6 is 0 Å². The minimum Gasteiger partial charge on any atom is -0.392 e. The van der Waals surface area contributed by atoms with E-state index in [1.807, 2.05) is 0 Å². The molecule has 3 aliphatic rings. The number of aliphatic hydroxyl groups is 1. The number of nitrogens with one attached hydrogen (secondary N) is 1. The maximum atomic E-state index is 10.2. The van der Waals surface area contributed by atoms with Crippen molar-refractivity contribution in [3.05, 3.63) is 35.9 Å². The molecular formula is C21H32N2O2. The first kappa shape index (κ1) is 17.5. The van der Waals surface area contributed by atoms with E-state index in [2.05, 4.69) is 54.4 Å². The Morgan fingerprint density at radius 3 is 2.88 bits per heavy atom. The second-order valence-corrected chi connectivity index (χ2v) is 8.76. The lowest BCUT2D eigenvalue weighted by molar-refractivity contribution is -0.192. The van der Waals surface area contributed by atoms with Crippen molar-refractivity contribution >= 4 is 0 Å². The van der Waals surface area contributed by atoms with E-state index in [4.69, 9.17) is 4.74 Å². The van der Waals surface area contributed by atoms with Gasteiger partial charge in [0.2, 0.25) is 0 Å². The molecule has 0 radical (unpaired) electrons. The predicted octanol–water partition coefficient (Wildman–Crippen LogP) is 2.41. The van der Waals surface area contributed by atoms with Gasteiger partial charge in [-0.05, 0) is 24.8 Å². The molecule has 2 aliphatic heterocycles. The van der Waals surface area contributed by atoms with E-state index in [1.54, 1.807) is 0 Å². The van der Waals surface area contributed by atoms with Gasteiger partial charge in [-0.15, -0.1) is 0 Å². The molecule has 25 heavy (non-hydrogen) atoms. The van der Waals surface area contributed by atoms with Gasteiger partial charge in [-0.1, -0.05) is 44.2 Å². The van der Waals surface area contributed by atoms with E-state index in [0.717, 1.165) is 32.7 Å². The van der Waals surface area contributed by atoms with Crippen LogP contribution in [0.15, 0.2) is 30.3 Å². The third-order valence-corrected chi connectivity index (χ3v) is 6.64. The quantitative estimate of drug-likeness (QED) is 0.861. The normalized spacial score (nSPS) is 37.5. The van der Waals surface area contributed by atoms with E-state index in [1.165, 1.54) is 18.4 Å². The highest BCUT2D eigenvalue weighted by molar-refractivity contribution is 5.15. The van der Waals surface area contributed by atoms with Crippen LogP contribution in [0, 0.1) is 11.3 Å². The summed E-state index contributed by atoms with van der Waals surface area (Å²) in [5.74, 6) is 0.664. The molecule has 1 aromatic carbocycles. The standard InChI is InChI=1S/C21H32N2O2/c1-21(2)19(18-9-6-10-25-20(18)21)22-12-16-11-17(24)14-23(16)13-15-7-4-3-5-8-15/h3-5,7-8,16-20,22,24H,6,9-14H2,1-2H3/t16-,17-,18-,19+,20-/m0/s1. The highest BCUT2D eigenvalue weighted by Gasteiger charge is 2.57. The Labute approximate surface area is 151 Å². The lowest BCUT2D eigenvalue weighted by atomic mass is 9.55. The van der Waals surface area contributed by atoms with Crippen LogP contribution in [0.4, 0.5) is 0 Å². The van der Waals surface area contributed by atoms with Crippen molar-refractivity contribution in [3.8, 4) is 0 Å². The SMILES string of the molecule is CC1(C)[C@H](NC[C@@H]2C[C@H](O)CN2Cc2ccccc2)[C@@H]2CCCO[C@@H]21. The number of benzene rings is 1. The van der Waals surface area contributed by atoms with Crippen molar-refractivity contribution in [1.82, 2.24) is 10.2 Å². The molecule has 1 aliphatic carbocycles. The summed E-state index contributed by atoms with van der Waals surface area (Å²) in [5.41, 5.74) is 1.54. The Morgan fingerprint density at radius 2 is 2.08 bits per heavy atom. The van der Waals surface area contributed by atoms with E-state index < -0.39 is 0 Å². The molecule has 1 saturated carbocycles. The zero-order valence-electron chi connectivity index (χ0n) is 15.5. The molecule has 5 atom stereocenters. The van der Waals surface area contributed by atoms with Gasteiger partial charge in [0.15, 0.2) is 0 Å². The first-order chi connectivity index (χ1) is 12.1. The number of hydrogen-bond donors (Lipinski definition) is 2. The Kier molecular flexibility index (Phi) is 4.89. The molecule has 4 rings (SSSR count). The van der Waals surface area contributed by atoms with Gasteiger partial charge < -0.3 is 15.2 Å². The molecule has 1 aromatic rings. The van der Waals surface area contributed by atoms with Crippen LogP contribution in [0.1, 0.15) is 38.7 Å². The summed E-state index contributed by atoms with van der Waals surface area (Å²) in [4.78, 5) is 2.44. The number of hydrogen-bond acceptors (Lipinski definition) is 4. The van der Waals surface area contributed by atoms with Crippen LogP contribution in [0.25, 0.3) is 0 Å². The van der Waals surface area contributed by atoms with E-state index in [0.29, 0.717) is 24.1 Å². The number of nitrogens with zero attached hydrogens (tertiary/aromatic N) is 1. The minimum absolute atomic E-state index is 0.198. The second-order valence-electron chi connectivity index (χ2n) is 8.76. The molecule has 2 heterocycles. The van der Waals surface area contributed by atoms with Crippen LogP contribution in [0.2, 0.25) is 0 Å². The van der Waals surface area contributed by atoms with E-state index >= 15 is 0 Å². The average molecular weight is 344 g/mol. The number of β-amino-alcohol motifs (C(OH)–C–C–N with tert-alkyl or cyclic N) is 1. The van der Waals surface area contributed by atoms with Crippen LogP contribution in [-0.4, -0.2) is 54.0 Å². The second kappa shape index (κ2) is 6.99. The van der Waals surface area contributed by atoms with Crippen molar-refractivity contribution < 1.29 is 9.84 Å². The summed E-state index contributed by atoms with van der Waals surface area (Å²) >= 11 is 0. The third-order valence-electron chi connectivity index (χ3n) is 6.64. The summed E-state index contributed by atoms with van der Waals surface area (Å²) in [6, 6.07) is 11.5. The van der Waals surface area contributed by atoms with E-state index in [9.17, 15) is 5.11 Å². The summed E-state index contributed by atoms with van der Waals surface area (Å²) in [7, 11) is 0. The maximum Gasteiger partial charge on any atom is 0.0684 e. The number of ether oxygens (including phenoxy) is 1. The molecule has 0 spiro atoms. The summed E-state index contributed by atoms with van der Waals surface area (Å²) in [6.07, 6.45) is 3.58. The molecule has 0 aromatic heterocycles. The summed E-state index contributed by atoms with van der Waals surface area (Å²) in [5, 5.41) is 14.0. The molecule has 138 valence electrons. The lowest BCUT2D eigenvalue weighted by Crippen LogP contribution is -2.70. The Bertz CT molecular complexity index is 577. The number of fused-ring (bicyclic) bond motifs is 1. The van der Waals surface area contributed by atoms with Crippen LogP contribution in [-0.2, 0) is 11.3 Å². The molecule has 3 fully saturated rings. The molecule has 4 nitrogen and oxygen atoms in total. The smallest absolute Gasteiger partial charge is 0.0684 e. The van der Waals surface area contributed by atoms with Crippen molar-refractivity contribution in [2.45, 2.75) is 63.9 Å². The van der Waals surface area contributed by atoms with Gasteiger partial charge >= 0.3 is 0 Å². The molecule has 2 N–H and O–H groups in total. The van der Waals surface area contributed by atoms with Crippen LogP contribution in [0.5, 0.6) is 0 Å². The topological polar surface area (TPSA) is 44.7 Å². The first-order valence-electron chi connectivity index (χ1n) is 9.86.